The minimum absolute atomic E-state index is 0.104. The first-order chi connectivity index (χ1) is 7.31. The van der Waals surface area contributed by atoms with Gasteiger partial charge in [-0.25, -0.2) is 0 Å². The van der Waals surface area contributed by atoms with E-state index in [1.165, 1.54) is 18.0 Å². The standard InChI is InChI=1S/C11H11NO2S/c1-2-14-7-10-11(13)12-8-5-3-4-6-9(8)15-10/h3-7H,2H2,1H3,(H,12,13). The number of hydrogen-bond acceptors (Lipinski definition) is 3. The number of para-hydroxylation sites is 1. The molecule has 2 rings (SSSR count). The third-order valence-electron chi connectivity index (χ3n) is 1.94. The molecule has 3 nitrogen and oxygen atoms in total. The van der Waals surface area contributed by atoms with Gasteiger partial charge < -0.3 is 10.1 Å². The minimum atomic E-state index is -0.104. The summed E-state index contributed by atoms with van der Waals surface area (Å²) in [6.07, 6.45) is 1.51. The van der Waals surface area contributed by atoms with E-state index < -0.39 is 0 Å². The van der Waals surface area contributed by atoms with Crippen molar-refractivity contribution in [1.82, 2.24) is 0 Å². The summed E-state index contributed by atoms with van der Waals surface area (Å²) in [5.41, 5.74) is 0.862. The number of ether oxygens (including phenoxy) is 1. The number of fused-ring (bicyclic) bond motifs is 1. The van der Waals surface area contributed by atoms with Crippen LogP contribution in [0.25, 0.3) is 0 Å². The van der Waals surface area contributed by atoms with Crippen molar-refractivity contribution in [1.29, 1.82) is 0 Å². The summed E-state index contributed by atoms with van der Waals surface area (Å²) >= 11 is 1.43. The Balaban J connectivity index is 2.26. The molecule has 15 heavy (non-hydrogen) atoms. The molecule has 0 atom stereocenters. The molecule has 1 aromatic carbocycles. The van der Waals surface area contributed by atoms with Crippen molar-refractivity contribution < 1.29 is 9.53 Å². The predicted molar refractivity (Wildman–Crippen MR) is 60.6 cm³/mol. The highest BCUT2D eigenvalue weighted by Gasteiger charge is 2.20. The molecule has 0 radical (unpaired) electrons. The lowest BCUT2D eigenvalue weighted by atomic mass is 10.3. The summed E-state index contributed by atoms with van der Waals surface area (Å²) in [4.78, 5) is 13.2. The molecule has 1 aliphatic heterocycles. The molecule has 1 N–H and O–H groups in total. The van der Waals surface area contributed by atoms with Crippen LogP contribution >= 0.6 is 11.8 Å². The maximum Gasteiger partial charge on any atom is 0.265 e. The van der Waals surface area contributed by atoms with E-state index in [4.69, 9.17) is 4.74 Å². The average molecular weight is 221 g/mol. The molecule has 0 saturated carbocycles. The highest BCUT2D eigenvalue weighted by atomic mass is 32.2. The largest absolute Gasteiger partial charge is 0.500 e. The number of thioether (sulfide) groups is 1. The number of carbonyl (C=O) groups is 1. The van der Waals surface area contributed by atoms with Gasteiger partial charge in [-0.1, -0.05) is 23.9 Å². The first-order valence-corrected chi connectivity index (χ1v) is 5.53. The zero-order valence-corrected chi connectivity index (χ0v) is 9.14. The van der Waals surface area contributed by atoms with E-state index in [0.29, 0.717) is 11.5 Å². The number of anilines is 1. The van der Waals surface area contributed by atoms with Gasteiger partial charge in [0.05, 0.1) is 12.3 Å². The highest BCUT2D eigenvalue weighted by Crippen LogP contribution is 2.37. The van der Waals surface area contributed by atoms with Gasteiger partial charge in [-0.2, -0.15) is 0 Å². The fourth-order valence-corrected chi connectivity index (χ4v) is 2.12. The summed E-state index contributed by atoms with van der Waals surface area (Å²) in [6, 6.07) is 7.70. The molecule has 4 heteroatoms. The van der Waals surface area contributed by atoms with Crippen molar-refractivity contribution in [2.75, 3.05) is 11.9 Å². The molecule has 0 spiro atoms. The van der Waals surface area contributed by atoms with E-state index in [0.717, 1.165) is 10.6 Å². The molecule has 0 saturated heterocycles. The Morgan fingerprint density at radius 2 is 2.27 bits per heavy atom. The van der Waals surface area contributed by atoms with Crippen molar-refractivity contribution in [3.63, 3.8) is 0 Å². The van der Waals surface area contributed by atoms with Gasteiger partial charge in [0.15, 0.2) is 0 Å². The van der Waals surface area contributed by atoms with Crippen LogP contribution in [0.1, 0.15) is 6.92 Å². The smallest absolute Gasteiger partial charge is 0.265 e. The van der Waals surface area contributed by atoms with Crippen LogP contribution in [-0.4, -0.2) is 12.5 Å². The second-order valence-corrected chi connectivity index (χ2v) is 4.07. The van der Waals surface area contributed by atoms with Crippen molar-refractivity contribution in [3.05, 3.63) is 35.4 Å². The summed E-state index contributed by atoms with van der Waals surface area (Å²) in [7, 11) is 0. The number of nitrogens with one attached hydrogen (secondary N) is 1. The predicted octanol–water partition coefficient (Wildman–Crippen LogP) is 2.61. The van der Waals surface area contributed by atoms with Gasteiger partial charge in [-0.3, -0.25) is 4.79 Å². The molecule has 0 aromatic heterocycles. The van der Waals surface area contributed by atoms with Gasteiger partial charge in [0.2, 0.25) is 0 Å². The van der Waals surface area contributed by atoms with Gasteiger partial charge in [0.1, 0.15) is 11.2 Å². The minimum Gasteiger partial charge on any atom is -0.500 e. The average Bonchev–Trinajstić information content (AvgIpc) is 2.26. The molecular formula is C11H11NO2S. The van der Waals surface area contributed by atoms with Crippen LogP contribution < -0.4 is 5.32 Å². The van der Waals surface area contributed by atoms with Crippen LogP contribution in [0.4, 0.5) is 5.69 Å². The fraction of sp³-hybridized carbons (Fsp3) is 0.182. The molecule has 0 fully saturated rings. The topological polar surface area (TPSA) is 38.3 Å². The molecule has 1 aliphatic rings. The van der Waals surface area contributed by atoms with E-state index in [-0.39, 0.29) is 5.91 Å². The number of carbonyl (C=O) groups excluding carboxylic acids is 1. The van der Waals surface area contributed by atoms with Crippen LogP contribution in [0, 0.1) is 0 Å². The maximum absolute atomic E-state index is 11.6. The second-order valence-electron chi connectivity index (χ2n) is 2.99. The Bertz CT molecular complexity index is 415. The molecule has 1 heterocycles. The quantitative estimate of drug-likeness (QED) is 0.616. The van der Waals surface area contributed by atoms with E-state index in [1.807, 2.05) is 31.2 Å². The Hall–Kier alpha value is -1.42. The lowest BCUT2D eigenvalue weighted by Gasteiger charge is -2.17. The van der Waals surface area contributed by atoms with Gasteiger partial charge in [-0.05, 0) is 19.1 Å². The summed E-state index contributed by atoms with van der Waals surface area (Å²) in [5.74, 6) is -0.104. The first-order valence-electron chi connectivity index (χ1n) is 4.71. The van der Waals surface area contributed by atoms with E-state index in [1.54, 1.807) is 0 Å². The zero-order chi connectivity index (χ0) is 10.7. The van der Waals surface area contributed by atoms with E-state index in [2.05, 4.69) is 5.32 Å². The Labute approximate surface area is 92.5 Å². The van der Waals surface area contributed by atoms with Crippen LogP contribution in [0.3, 0.4) is 0 Å². The van der Waals surface area contributed by atoms with Gasteiger partial charge in [0.25, 0.3) is 5.91 Å². The third kappa shape index (κ3) is 2.15. The summed E-state index contributed by atoms with van der Waals surface area (Å²) in [5, 5.41) is 2.81. The Morgan fingerprint density at radius 1 is 1.47 bits per heavy atom. The van der Waals surface area contributed by atoms with E-state index in [9.17, 15) is 4.79 Å². The first kappa shape index (κ1) is 10.1. The number of amides is 1. The molecule has 0 bridgehead atoms. The van der Waals surface area contributed by atoms with E-state index >= 15 is 0 Å². The fourth-order valence-electron chi connectivity index (χ4n) is 1.24. The SMILES string of the molecule is CCOC=C1Sc2ccccc2NC1=O. The van der Waals surface area contributed by atoms with Crippen molar-refractivity contribution >= 4 is 23.4 Å². The Morgan fingerprint density at radius 3 is 3.07 bits per heavy atom. The summed E-state index contributed by atoms with van der Waals surface area (Å²) < 4.78 is 5.11. The van der Waals surface area contributed by atoms with Crippen LogP contribution in [0.2, 0.25) is 0 Å². The number of benzene rings is 1. The molecule has 1 aromatic rings. The zero-order valence-electron chi connectivity index (χ0n) is 8.32. The molecular weight excluding hydrogens is 210 g/mol. The maximum atomic E-state index is 11.6. The van der Waals surface area contributed by atoms with Crippen molar-refractivity contribution in [2.24, 2.45) is 0 Å². The number of rotatable bonds is 2. The Kier molecular flexibility index (Phi) is 2.97. The van der Waals surface area contributed by atoms with Gasteiger partial charge in [-0.15, -0.1) is 0 Å². The third-order valence-corrected chi connectivity index (χ3v) is 3.01. The lowest BCUT2D eigenvalue weighted by molar-refractivity contribution is -0.112. The van der Waals surface area contributed by atoms with Crippen molar-refractivity contribution in [2.45, 2.75) is 11.8 Å². The normalized spacial score (nSPS) is 17.1. The molecule has 78 valence electrons. The molecule has 0 unspecified atom stereocenters. The van der Waals surface area contributed by atoms with Crippen LogP contribution in [-0.2, 0) is 9.53 Å². The van der Waals surface area contributed by atoms with Crippen molar-refractivity contribution in [3.8, 4) is 0 Å². The molecule has 1 amide bonds. The van der Waals surface area contributed by atoms with Crippen LogP contribution in [0.15, 0.2) is 40.3 Å². The number of hydrogen-bond donors (Lipinski definition) is 1. The molecule has 0 aliphatic carbocycles. The lowest BCUT2D eigenvalue weighted by Crippen LogP contribution is -2.17. The van der Waals surface area contributed by atoms with Crippen LogP contribution in [0.5, 0.6) is 0 Å². The van der Waals surface area contributed by atoms with Gasteiger partial charge >= 0.3 is 0 Å². The summed E-state index contributed by atoms with van der Waals surface area (Å²) in [6.45, 7) is 2.45. The monoisotopic (exact) mass is 221 g/mol. The highest BCUT2D eigenvalue weighted by molar-refractivity contribution is 8.04. The second kappa shape index (κ2) is 4.40. The van der Waals surface area contributed by atoms with Gasteiger partial charge in [0, 0.05) is 4.90 Å².